The monoisotopic (exact) mass is 171 g/mol. The summed E-state index contributed by atoms with van der Waals surface area (Å²) >= 11 is 0. The van der Waals surface area contributed by atoms with Gasteiger partial charge in [0.2, 0.25) is 0 Å². The molecule has 0 bridgehead atoms. The maximum atomic E-state index is 10.6. The second-order valence-corrected chi connectivity index (χ2v) is 3.34. The van der Waals surface area contributed by atoms with Gasteiger partial charge in [0.1, 0.15) is 6.04 Å². The van der Waals surface area contributed by atoms with Gasteiger partial charge in [0.25, 0.3) is 0 Å². The number of fused-ring (bicyclic) bond motifs is 1. The molecule has 1 saturated carbocycles. The van der Waals surface area contributed by atoms with Gasteiger partial charge in [0, 0.05) is 6.04 Å². The minimum Gasteiger partial charge on any atom is -0.480 e. The van der Waals surface area contributed by atoms with Crippen LogP contribution < -0.4 is 0 Å². The van der Waals surface area contributed by atoms with Crippen LogP contribution in [0.4, 0.5) is 4.79 Å². The zero-order chi connectivity index (χ0) is 8.88. The number of carbonyl (C=O) groups is 2. The minimum absolute atomic E-state index is 0.0106. The van der Waals surface area contributed by atoms with Gasteiger partial charge in [0.15, 0.2) is 0 Å². The molecule has 0 unspecified atom stereocenters. The van der Waals surface area contributed by atoms with Crippen molar-refractivity contribution < 1.29 is 19.8 Å². The highest BCUT2D eigenvalue weighted by Gasteiger charge is 2.56. The number of carboxylic acid groups (broad SMARTS) is 2. The van der Waals surface area contributed by atoms with Gasteiger partial charge in [0.05, 0.1) is 0 Å². The Morgan fingerprint density at radius 1 is 1.25 bits per heavy atom. The van der Waals surface area contributed by atoms with Crippen LogP contribution in [0, 0.1) is 5.92 Å². The van der Waals surface area contributed by atoms with Gasteiger partial charge in [-0.25, -0.2) is 9.59 Å². The van der Waals surface area contributed by atoms with E-state index in [-0.39, 0.29) is 6.04 Å². The number of hydrogen-bond donors (Lipinski definition) is 2. The van der Waals surface area contributed by atoms with Gasteiger partial charge < -0.3 is 10.2 Å². The van der Waals surface area contributed by atoms with Crippen LogP contribution in [0.25, 0.3) is 0 Å². The first-order valence-corrected chi connectivity index (χ1v) is 3.85. The Kier molecular flexibility index (Phi) is 1.31. The molecule has 1 aliphatic carbocycles. The number of nitrogens with zero attached hydrogens (tertiary/aromatic N) is 1. The lowest BCUT2D eigenvalue weighted by Crippen LogP contribution is -2.42. The first-order valence-electron chi connectivity index (χ1n) is 3.85. The highest BCUT2D eigenvalue weighted by atomic mass is 16.4. The van der Waals surface area contributed by atoms with E-state index in [1.807, 2.05) is 0 Å². The molecule has 0 aromatic heterocycles. The van der Waals surface area contributed by atoms with Crippen molar-refractivity contribution in [2.75, 3.05) is 0 Å². The van der Waals surface area contributed by atoms with Crippen molar-refractivity contribution in [1.82, 2.24) is 4.90 Å². The fourth-order valence-electron chi connectivity index (χ4n) is 1.95. The Bertz CT molecular complexity index is 252. The summed E-state index contributed by atoms with van der Waals surface area (Å²) in [4.78, 5) is 22.3. The fraction of sp³-hybridized carbons (Fsp3) is 0.714. The highest BCUT2D eigenvalue weighted by molar-refractivity contribution is 5.81. The molecule has 5 nitrogen and oxygen atoms in total. The Balaban J connectivity index is 2.16. The van der Waals surface area contributed by atoms with Crippen LogP contribution in [-0.2, 0) is 4.79 Å². The number of carboxylic acids is 1. The first kappa shape index (κ1) is 7.39. The van der Waals surface area contributed by atoms with E-state index in [0.29, 0.717) is 12.3 Å². The van der Waals surface area contributed by atoms with Crippen molar-refractivity contribution >= 4 is 12.1 Å². The molecule has 0 spiro atoms. The summed E-state index contributed by atoms with van der Waals surface area (Å²) in [5.74, 6) is -0.716. The summed E-state index contributed by atoms with van der Waals surface area (Å²) < 4.78 is 0. The van der Waals surface area contributed by atoms with Crippen molar-refractivity contribution in [2.45, 2.75) is 24.9 Å². The third kappa shape index (κ3) is 0.855. The lowest BCUT2D eigenvalue weighted by atomic mass is 10.2. The van der Waals surface area contributed by atoms with E-state index in [2.05, 4.69) is 0 Å². The summed E-state index contributed by atoms with van der Waals surface area (Å²) in [6.45, 7) is 0. The molecule has 3 atom stereocenters. The van der Waals surface area contributed by atoms with Crippen LogP contribution in [0.15, 0.2) is 0 Å². The molecule has 0 aromatic carbocycles. The average Bonchev–Trinajstić information content (AvgIpc) is 2.60. The highest BCUT2D eigenvalue weighted by Crippen LogP contribution is 2.47. The van der Waals surface area contributed by atoms with E-state index in [0.717, 1.165) is 11.3 Å². The van der Waals surface area contributed by atoms with E-state index in [1.54, 1.807) is 0 Å². The van der Waals surface area contributed by atoms with Crippen molar-refractivity contribution in [1.29, 1.82) is 0 Å². The topological polar surface area (TPSA) is 77.8 Å². The second kappa shape index (κ2) is 2.12. The molecule has 2 rings (SSSR count). The van der Waals surface area contributed by atoms with Crippen LogP contribution >= 0.6 is 0 Å². The molecular weight excluding hydrogens is 162 g/mol. The van der Waals surface area contributed by atoms with Gasteiger partial charge in [-0.15, -0.1) is 0 Å². The van der Waals surface area contributed by atoms with E-state index in [1.165, 1.54) is 0 Å². The molecule has 1 aliphatic heterocycles. The van der Waals surface area contributed by atoms with Crippen molar-refractivity contribution in [2.24, 2.45) is 5.92 Å². The van der Waals surface area contributed by atoms with Crippen LogP contribution in [0.5, 0.6) is 0 Å². The number of piperidine rings is 1. The molecule has 2 N–H and O–H groups in total. The Labute approximate surface area is 68.6 Å². The first-order chi connectivity index (χ1) is 5.61. The number of amides is 1. The van der Waals surface area contributed by atoms with Gasteiger partial charge >= 0.3 is 12.1 Å². The SMILES string of the molecule is O=C(O)[C@@H]1C[C@H]2C[C@@H]2N1C(=O)O. The van der Waals surface area contributed by atoms with Crippen LogP contribution in [0.1, 0.15) is 12.8 Å². The second-order valence-electron chi connectivity index (χ2n) is 3.34. The number of rotatable bonds is 1. The predicted molar refractivity (Wildman–Crippen MR) is 37.8 cm³/mol. The lowest BCUT2D eigenvalue weighted by molar-refractivity contribution is -0.142. The van der Waals surface area contributed by atoms with E-state index in [9.17, 15) is 9.59 Å². The van der Waals surface area contributed by atoms with Crippen molar-refractivity contribution in [3.05, 3.63) is 0 Å². The summed E-state index contributed by atoms with van der Waals surface area (Å²) in [6.07, 6.45) is 0.231. The van der Waals surface area contributed by atoms with Crippen LogP contribution in [-0.4, -0.2) is 39.3 Å². The normalized spacial score (nSPS) is 37.7. The quantitative estimate of drug-likeness (QED) is 0.591. The number of hydrogen-bond acceptors (Lipinski definition) is 2. The van der Waals surface area contributed by atoms with E-state index >= 15 is 0 Å². The largest absolute Gasteiger partial charge is 0.480 e. The molecule has 5 heteroatoms. The molecule has 1 saturated heterocycles. The molecule has 1 amide bonds. The Hall–Kier alpha value is -1.26. The van der Waals surface area contributed by atoms with Gasteiger partial charge in [-0.1, -0.05) is 0 Å². The minimum atomic E-state index is -1.10. The summed E-state index contributed by atoms with van der Waals surface area (Å²) in [5.41, 5.74) is 0. The summed E-state index contributed by atoms with van der Waals surface area (Å²) in [6, 6.07) is -0.810. The molecular formula is C7H9NO4. The third-order valence-electron chi connectivity index (χ3n) is 2.61. The number of likely N-dealkylation sites (tertiary alicyclic amines) is 1. The zero-order valence-corrected chi connectivity index (χ0v) is 6.30. The van der Waals surface area contributed by atoms with Crippen molar-refractivity contribution in [3.63, 3.8) is 0 Å². The maximum Gasteiger partial charge on any atom is 0.408 e. The molecule has 2 aliphatic rings. The fourth-order valence-corrected chi connectivity index (χ4v) is 1.95. The Morgan fingerprint density at radius 3 is 2.33 bits per heavy atom. The van der Waals surface area contributed by atoms with E-state index < -0.39 is 18.1 Å². The van der Waals surface area contributed by atoms with Crippen molar-refractivity contribution in [3.8, 4) is 0 Å². The molecule has 2 fully saturated rings. The number of aliphatic carboxylic acids is 1. The molecule has 66 valence electrons. The zero-order valence-electron chi connectivity index (χ0n) is 6.30. The summed E-state index contributed by atoms with van der Waals surface area (Å²) in [7, 11) is 0. The van der Waals surface area contributed by atoms with Gasteiger partial charge in [-0.05, 0) is 18.8 Å². The maximum absolute atomic E-state index is 10.6. The molecule has 0 radical (unpaired) electrons. The smallest absolute Gasteiger partial charge is 0.408 e. The average molecular weight is 171 g/mol. The predicted octanol–water partition coefficient (Wildman–Crippen LogP) is 0.212. The van der Waals surface area contributed by atoms with Crippen LogP contribution in [0.3, 0.4) is 0 Å². The van der Waals surface area contributed by atoms with E-state index in [4.69, 9.17) is 10.2 Å². The van der Waals surface area contributed by atoms with Gasteiger partial charge in [-0.2, -0.15) is 0 Å². The molecule has 12 heavy (non-hydrogen) atoms. The standard InChI is InChI=1S/C7H9NO4/c9-6(10)5-2-3-1-4(3)8(5)7(11)12/h3-5H,1-2H2,(H,9,10)(H,11,12)/t3-,4+,5+/m1/s1. The van der Waals surface area contributed by atoms with Gasteiger partial charge in [-0.3, -0.25) is 4.90 Å². The molecule has 0 aromatic rings. The summed E-state index contributed by atoms with van der Waals surface area (Å²) in [5, 5.41) is 17.4. The Morgan fingerprint density at radius 2 is 1.92 bits per heavy atom. The third-order valence-corrected chi connectivity index (χ3v) is 2.61. The molecule has 1 heterocycles. The lowest BCUT2D eigenvalue weighted by Gasteiger charge is -2.20. The van der Waals surface area contributed by atoms with Crippen LogP contribution in [0.2, 0.25) is 0 Å².